The Morgan fingerprint density at radius 3 is 2.36 bits per heavy atom. The summed E-state index contributed by atoms with van der Waals surface area (Å²) in [5.74, 6) is -4.22. The topological polar surface area (TPSA) is 91.0 Å². The van der Waals surface area contributed by atoms with Gasteiger partial charge in [0.05, 0.1) is 6.54 Å². The SMILES string of the molecule is CC(F)(F)CN1CC[C@H]2CC[C@@H](C(=O)NCc3ccc(F)cc3)N2C(=O)[C@@H](NC(=O)OC(C)(C)C)C1. The molecule has 3 atom stereocenters. The van der Waals surface area contributed by atoms with Crippen LogP contribution in [0.3, 0.4) is 0 Å². The lowest BCUT2D eigenvalue weighted by Gasteiger charge is -2.39. The van der Waals surface area contributed by atoms with Crippen molar-refractivity contribution in [1.29, 1.82) is 0 Å². The van der Waals surface area contributed by atoms with Crippen LogP contribution in [0.15, 0.2) is 24.3 Å². The van der Waals surface area contributed by atoms with Crippen LogP contribution in [-0.4, -0.2) is 77.0 Å². The van der Waals surface area contributed by atoms with Gasteiger partial charge in [0.25, 0.3) is 5.92 Å². The maximum absolute atomic E-state index is 13.8. The molecule has 11 heteroatoms. The molecule has 0 unspecified atom stereocenters. The fourth-order valence-corrected chi connectivity index (χ4v) is 4.70. The lowest BCUT2D eigenvalue weighted by molar-refractivity contribution is -0.144. The van der Waals surface area contributed by atoms with Crippen LogP contribution in [0, 0.1) is 5.82 Å². The van der Waals surface area contributed by atoms with Gasteiger partial charge in [0.1, 0.15) is 23.5 Å². The number of amides is 3. The van der Waals surface area contributed by atoms with E-state index in [1.807, 2.05) is 0 Å². The number of alkyl carbamates (subject to hydrolysis) is 1. The maximum atomic E-state index is 13.8. The summed E-state index contributed by atoms with van der Waals surface area (Å²) >= 11 is 0. The largest absolute Gasteiger partial charge is 0.444 e. The zero-order valence-corrected chi connectivity index (χ0v) is 21.2. The Labute approximate surface area is 209 Å². The zero-order chi connectivity index (χ0) is 26.7. The van der Waals surface area contributed by atoms with Crippen molar-refractivity contribution in [3.63, 3.8) is 0 Å². The second-order valence-electron chi connectivity index (χ2n) is 10.6. The van der Waals surface area contributed by atoms with Gasteiger partial charge in [-0.1, -0.05) is 12.1 Å². The molecule has 3 rings (SSSR count). The molecule has 0 saturated carbocycles. The maximum Gasteiger partial charge on any atom is 0.408 e. The average molecular weight is 513 g/mol. The van der Waals surface area contributed by atoms with Crippen LogP contribution in [0.4, 0.5) is 18.0 Å². The van der Waals surface area contributed by atoms with Gasteiger partial charge >= 0.3 is 6.09 Å². The molecule has 2 fully saturated rings. The highest BCUT2D eigenvalue weighted by atomic mass is 19.3. The third-order valence-electron chi connectivity index (χ3n) is 6.15. The second-order valence-corrected chi connectivity index (χ2v) is 10.6. The molecule has 2 N–H and O–H groups in total. The number of nitrogens with zero attached hydrogens (tertiary/aromatic N) is 2. The van der Waals surface area contributed by atoms with Gasteiger partial charge < -0.3 is 20.3 Å². The summed E-state index contributed by atoms with van der Waals surface area (Å²) < 4.78 is 46.1. The van der Waals surface area contributed by atoms with Crippen molar-refractivity contribution in [2.24, 2.45) is 0 Å². The van der Waals surface area contributed by atoms with E-state index in [0.717, 1.165) is 6.92 Å². The molecule has 0 spiro atoms. The van der Waals surface area contributed by atoms with Crippen LogP contribution in [0.5, 0.6) is 0 Å². The molecule has 0 aliphatic carbocycles. The number of rotatable bonds is 6. The predicted octanol–water partition coefficient (Wildman–Crippen LogP) is 3.06. The molecular formula is C25H35F3N4O4. The Hall–Kier alpha value is -2.82. The highest BCUT2D eigenvalue weighted by Crippen LogP contribution is 2.30. The zero-order valence-electron chi connectivity index (χ0n) is 21.2. The van der Waals surface area contributed by atoms with Gasteiger partial charge in [-0.05, 0) is 57.7 Å². The smallest absolute Gasteiger partial charge is 0.408 e. The minimum absolute atomic E-state index is 0.130. The molecule has 200 valence electrons. The highest BCUT2D eigenvalue weighted by Gasteiger charge is 2.45. The molecule has 1 aromatic carbocycles. The van der Waals surface area contributed by atoms with Gasteiger partial charge in [-0.25, -0.2) is 18.0 Å². The van der Waals surface area contributed by atoms with E-state index in [9.17, 15) is 27.6 Å². The summed E-state index contributed by atoms with van der Waals surface area (Å²) in [5, 5.41) is 5.34. The van der Waals surface area contributed by atoms with Crippen molar-refractivity contribution in [2.75, 3.05) is 19.6 Å². The number of halogens is 3. The number of carbonyl (C=O) groups excluding carboxylic acids is 3. The van der Waals surface area contributed by atoms with Crippen molar-refractivity contribution in [2.45, 2.75) is 83.2 Å². The number of alkyl halides is 2. The third kappa shape index (κ3) is 7.84. The molecule has 8 nitrogen and oxygen atoms in total. The molecular weight excluding hydrogens is 477 g/mol. The van der Waals surface area contributed by atoms with E-state index in [1.165, 1.54) is 21.9 Å². The van der Waals surface area contributed by atoms with Crippen LogP contribution >= 0.6 is 0 Å². The minimum Gasteiger partial charge on any atom is -0.444 e. The van der Waals surface area contributed by atoms with E-state index < -0.39 is 42.2 Å². The van der Waals surface area contributed by atoms with Crippen LogP contribution in [0.25, 0.3) is 0 Å². The lowest BCUT2D eigenvalue weighted by atomic mass is 10.1. The number of nitrogens with one attached hydrogen (secondary N) is 2. The van der Waals surface area contributed by atoms with Gasteiger partial charge in [0.2, 0.25) is 11.8 Å². The Morgan fingerprint density at radius 2 is 1.75 bits per heavy atom. The average Bonchev–Trinajstić information content (AvgIpc) is 3.16. The summed E-state index contributed by atoms with van der Waals surface area (Å²) in [6.07, 6.45) is 0.547. The molecule has 36 heavy (non-hydrogen) atoms. The number of hydrogen-bond donors (Lipinski definition) is 2. The molecule has 0 aromatic heterocycles. The van der Waals surface area contributed by atoms with E-state index in [4.69, 9.17) is 4.74 Å². The fourth-order valence-electron chi connectivity index (χ4n) is 4.70. The van der Waals surface area contributed by atoms with Crippen molar-refractivity contribution in [3.8, 4) is 0 Å². The normalized spacial score (nSPS) is 23.5. The summed E-state index contributed by atoms with van der Waals surface area (Å²) in [6, 6.07) is 3.48. The Balaban J connectivity index is 1.77. The first-order valence-electron chi connectivity index (χ1n) is 12.2. The van der Waals surface area contributed by atoms with Gasteiger partial charge in [-0.2, -0.15) is 0 Å². The number of fused-ring (bicyclic) bond motifs is 1. The number of benzene rings is 1. The van der Waals surface area contributed by atoms with E-state index in [-0.39, 0.29) is 37.4 Å². The molecule has 2 heterocycles. The van der Waals surface area contributed by atoms with Crippen LogP contribution in [0.2, 0.25) is 0 Å². The predicted molar refractivity (Wildman–Crippen MR) is 127 cm³/mol. The number of carbonyl (C=O) groups is 3. The second kappa shape index (κ2) is 11.1. The standard InChI is InChI=1S/C25H35F3N4O4/c1-24(2,3)36-23(35)30-19-14-31(15-25(4,27)28)12-11-18-9-10-20(32(18)22(19)34)21(33)29-13-16-5-7-17(26)8-6-16/h5-8,18-20H,9-15H2,1-4H3,(H,29,33)(H,30,35)/t18-,19+,20+/m1/s1. The first kappa shape index (κ1) is 27.8. The van der Waals surface area contributed by atoms with Crippen molar-refractivity contribution < 1.29 is 32.3 Å². The molecule has 2 saturated heterocycles. The first-order chi connectivity index (χ1) is 16.7. The third-order valence-corrected chi connectivity index (χ3v) is 6.15. The highest BCUT2D eigenvalue weighted by molar-refractivity contribution is 5.92. The van der Waals surface area contributed by atoms with Gasteiger partial charge in [0.15, 0.2) is 0 Å². The van der Waals surface area contributed by atoms with Gasteiger partial charge in [-0.15, -0.1) is 0 Å². The van der Waals surface area contributed by atoms with Crippen LogP contribution in [0.1, 0.15) is 52.5 Å². The molecule has 3 amide bonds. The monoisotopic (exact) mass is 512 g/mol. The summed E-state index contributed by atoms with van der Waals surface area (Å²) in [6.45, 7) is 5.61. The van der Waals surface area contributed by atoms with Crippen LogP contribution < -0.4 is 10.6 Å². The van der Waals surface area contributed by atoms with E-state index in [0.29, 0.717) is 24.8 Å². The Morgan fingerprint density at radius 1 is 1.08 bits per heavy atom. The molecule has 1 aromatic rings. The van der Waals surface area contributed by atoms with E-state index in [1.54, 1.807) is 32.9 Å². The number of ether oxygens (including phenoxy) is 1. The van der Waals surface area contributed by atoms with Gasteiger partial charge in [0, 0.05) is 32.6 Å². The first-order valence-corrected chi connectivity index (χ1v) is 12.2. The van der Waals surface area contributed by atoms with Crippen LogP contribution in [-0.2, 0) is 20.9 Å². The molecule has 0 bridgehead atoms. The molecule has 2 aliphatic rings. The summed E-state index contributed by atoms with van der Waals surface area (Å²) in [5.41, 5.74) is -0.108. The van der Waals surface area contributed by atoms with Gasteiger partial charge in [-0.3, -0.25) is 14.5 Å². The van der Waals surface area contributed by atoms with E-state index >= 15 is 0 Å². The fraction of sp³-hybridized carbons (Fsp3) is 0.640. The van der Waals surface area contributed by atoms with Crippen molar-refractivity contribution >= 4 is 17.9 Å². The Kier molecular flexibility index (Phi) is 8.53. The summed E-state index contributed by atoms with van der Waals surface area (Å²) in [7, 11) is 0. The molecule has 2 aliphatic heterocycles. The molecule has 0 radical (unpaired) electrons. The summed E-state index contributed by atoms with van der Waals surface area (Å²) in [4.78, 5) is 42.1. The quantitative estimate of drug-likeness (QED) is 0.612. The number of hydrogen-bond acceptors (Lipinski definition) is 5. The van der Waals surface area contributed by atoms with E-state index in [2.05, 4.69) is 10.6 Å². The van der Waals surface area contributed by atoms with Crippen molar-refractivity contribution in [1.82, 2.24) is 20.4 Å². The lowest BCUT2D eigenvalue weighted by Crippen LogP contribution is -2.61. The Bertz CT molecular complexity index is 946. The van der Waals surface area contributed by atoms with Crippen molar-refractivity contribution in [3.05, 3.63) is 35.6 Å². The minimum atomic E-state index is -2.98.